The van der Waals surface area contributed by atoms with Crippen molar-refractivity contribution < 1.29 is 12.9 Å². The average molecular weight is 317 g/mol. The summed E-state index contributed by atoms with van der Waals surface area (Å²) in [4.78, 5) is 4.08. The summed E-state index contributed by atoms with van der Waals surface area (Å²) in [6.07, 6.45) is 0.514. The fourth-order valence-electron chi connectivity index (χ4n) is 1.65. The van der Waals surface area contributed by atoms with E-state index in [0.717, 1.165) is 11.5 Å². The Bertz CT molecular complexity index is 692. The van der Waals surface area contributed by atoms with Crippen molar-refractivity contribution in [2.24, 2.45) is 0 Å². The monoisotopic (exact) mass is 317 g/mol. The van der Waals surface area contributed by atoms with E-state index < -0.39 is 9.84 Å². The molecule has 20 heavy (non-hydrogen) atoms. The van der Waals surface area contributed by atoms with Gasteiger partial charge in [-0.15, -0.1) is 0 Å². The topological polar surface area (TPSA) is 124 Å². The van der Waals surface area contributed by atoms with Crippen molar-refractivity contribution in [2.45, 2.75) is 31.7 Å². The SMILES string of the molecule is CCCS(=O)(=O)c1c(N)nsc1NCc1nc(C)no1. The molecule has 10 heteroatoms. The fraction of sp³-hybridized carbons (Fsp3) is 0.500. The summed E-state index contributed by atoms with van der Waals surface area (Å²) in [5, 5.41) is 6.98. The molecule has 2 aromatic rings. The predicted molar refractivity (Wildman–Crippen MR) is 75.2 cm³/mol. The predicted octanol–water partition coefficient (Wildman–Crippen LogP) is 1.21. The number of aryl methyl sites for hydroxylation is 1. The number of rotatable bonds is 6. The quantitative estimate of drug-likeness (QED) is 0.814. The van der Waals surface area contributed by atoms with E-state index in [1.807, 2.05) is 0 Å². The van der Waals surface area contributed by atoms with Crippen LogP contribution in [0.1, 0.15) is 25.1 Å². The summed E-state index contributed by atoms with van der Waals surface area (Å²) in [7, 11) is -3.43. The van der Waals surface area contributed by atoms with Gasteiger partial charge in [-0.2, -0.15) is 9.36 Å². The third kappa shape index (κ3) is 3.07. The number of nitrogens with two attached hydrogens (primary N) is 1. The second-order valence-corrected chi connectivity index (χ2v) is 6.95. The average Bonchev–Trinajstić information content (AvgIpc) is 2.93. The summed E-state index contributed by atoms with van der Waals surface area (Å²) in [5.74, 6) is 0.939. The summed E-state index contributed by atoms with van der Waals surface area (Å²) >= 11 is 1.000. The molecule has 0 fully saturated rings. The van der Waals surface area contributed by atoms with E-state index in [1.165, 1.54) is 0 Å². The molecule has 3 N–H and O–H groups in total. The molecule has 2 rings (SSSR count). The van der Waals surface area contributed by atoms with Crippen LogP contribution in [0.5, 0.6) is 0 Å². The van der Waals surface area contributed by atoms with Gasteiger partial charge in [0.05, 0.1) is 12.3 Å². The first-order chi connectivity index (χ1) is 9.44. The lowest BCUT2D eigenvalue weighted by Crippen LogP contribution is -2.10. The molecule has 0 aliphatic carbocycles. The molecule has 0 unspecified atom stereocenters. The fourth-order valence-corrected chi connectivity index (χ4v) is 4.26. The summed E-state index contributed by atoms with van der Waals surface area (Å²) in [6, 6.07) is 0. The summed E-state index contributed by atoms with van der Waals surface area (Å²) < 4.78 is 33.1. The lowest BCUT2D eigenvalue weighted by atomic mass is 10.5. The molecule has 0 saturated carbocycles. The molecule has 0 aliphatic heterocycles. The van der Waals surface area contributed by atoms with E-state index in [0.29, 0.717) is 23.1 Å². The lowest BCUT2D eigenvalue weighted by Gasteiger charge is -2.05. The molecule has 0 atom stereocenters. The third-order valence-corrected chi connectivity index (χ3v) is 5.36. The van der Waals surface area contributed by atoms with Crippen molar-refractivity contribution in [3.63, 3.8) is 0 Å². The Kier molecular flexibility index (Phi) is 4.23. The number of hydrogen-bond acceptors (Lipinski definition) is 9. The Hall–Kier alpha value is -1.68. The van der Waals surface area contributed by atoms with Crippen LogP contribution >= 0.6 is 11.5 Å². The lowest BCUT2D eigenvalue weighted by molar-refractivity contribution is 0.379. The van der Waals surface area contributed by atoms with Crippen LogP contribution in [0.25, 0.3) is 0 Å². The maximum Gasteiger partial charge on any atom is 0.245 e. The first-order valence-electron chi connectivity index (χ1n) is 5.95. The number of nitrogens with zero attached hydrogens (tertiary/aromatic N) is 3. The molecule has 0 aromatic carbocycles. The van der Waals surface area contributed by atoms with E-state index >= 15 is 0 Å². The Morgan fingerprint density at radius 3 is 2.80 bits per heavy atom. The number of sulfone groups is 1. The molecular weight excluding hydrogens is 302 g/mol. The highest BCUT2D eigenvalue weighted by molar-refractivity contribution is 7.91. The van der Waals surface area contributed by atoms with Crippen molar-refractivity contribution in [1.82, 2.24) is 14.5 Å². The van der Waals surface area contributed by atoms with Gasteiger partial charge in [0.2, 0.25) is 5.89 Å². The van der Waals surface area contributed by atoms with E-state index in [2.05, 4.69) is 19.8 Å². The van der Waals surface area contributed by atoms with Crippen molar-refractivity contribution >= 4 is 32.2 Å². The number of hydrogen-bond donors (Lipinski definition) is 2. The Labute approximate surface area is 120 Å². The van der Waals surface area contributed by atoms with E-state index in [4.69, 9.17) is 10.3 Å². The van der Waals surface area contributed by atoms with Crippen LogP contribution in [0.3, 0.4) is 0 Å². The van der Waals surface area contributed by atoms with Gasteiger partial charge in [0, 0.05) is 0 Å². The van der Waals surface area contributed by atoms with Gasteiger partial charge in [0.15, 0.2) is 21.5 Å². The second-order valence-electron chi connectivity index (χ2n) is 4.13. The largest absolute Gasteiger partial charge is 0.382 e. The molecule has 110 valence electrons. The molecule has 0 saturated heterocycles. The van der Waals surface area contributed by atoms with Gasteiger partial charge in [-0.25, -0.2) is 8.42 Å². The van der Waals surface area contributed by atoms with Crippen LogP contribution in [-0.2, 0) is 16.4 Å². The second kappa shape index (κ2) is 5.75. The molecule has 0 spiro atoms. The van der Waals surface area contributed by atoms with Crippen LogP contribution in [-0.4, -0.2) is 28.7 Å². The van der Waals surface area contributed by atoms with E-state index in [1.54, 1.807) is 13.8 Å². The number of aromatic nitrogens is 3. The number of anilines is 2. The Balaban J connectivity index is 2.21. The Morgan fingerprint density at radius 1 is 1.45 bits per heavy atom. The minimum Gasteiger partial charge on any atom is -0.382 e. The normalized spacial score (nSPS) is 11.7. The molecule has 2 aromatic heterocycles. The van der Waals surface area contributed by atoms with Crippen molar-refractivity contribution in [2.75, 3.05) is 16.8 Å². The number of nitrogen functional groups attached to an aromatic ring is 1. The van der Waals surface area contributed by atoms with Gasteiger partial charge in [-0.1, -0.05) is 12.1 Å². The van der Waals surface area contributed by atoms with E-state index in [-0.39, 0.29) is 23.0 Å². The number of nitrogens with one attached hydrogen (secondary N) is 1. The van der Waals surface area contributed by atoms with Gasteiger partial charge >= 0.3 is 0 Å². The van der Waals surface area contributed by atoms with Gasteiger partial charge < -0.3 is 15.6 Å². The van der Waals surface area contributed by atoms with E-state index in [9.17, 15) is 8.42 Å². The summed E-state index contributed by atoms with van der Waals surface area (Å²) in [5.41, 5.74) is 5.66. The molecule has 8 nitrogen and oxygen atoms in total. The highest BCUT2D eigenvalue weighted by Crippen LogP contribution is 2.32. The summed E-state index contributed by atoms with van der Waals surface area (Å²) in [6.45, 7) is 3.72. The zero-order valence-electron chi connectivity index (χ0n) is 11.1. The molecule has 2 heterocycles. The smallest absolute Gasteiger partial charge is 0.245 e. The Morgan fingerprint density at radius 2 is 2.20 bits per heavy atom. The highest BCUT2D eigenvalue weighted by Gasteiger charge is 2.24. The molecule has 0 amide bonds. The standard InChI is InChI=1S/C10H15N5O3S2/c1-3-4-20(16,17)8-9(11)15-19-10(8)12-5-7-13-6(2)14-18-7/h12H,3-5H2,1-2H3,(H2,11,15). The van der Waals surface area contributed by atoms with Gasteiger partial charge in [-0.05, 0) is 24.9 Å². The zero-order valence-corrected chi connectivity index (χ0v) is 12.7. The van der Waals surface area contributed by atoms with Crippen LogP contribution in [0.4, 0.5) is 10.8 Å². The first kappa shape index (κ1) is 14.7. The maximum absolute atomic E-state index is 12.1. The van der Waals surface area contributed by atoms with Crippen LogP contribution in [0, 0.1) is 6.92 Å². The zero-order chi connectivity index (χ0) is 14.8. The third-order valence-electron chi connectivity index (χ3n) is 2.43. The van der Waals surface area contributed by atoms with Crippen molar-refractivity contribution in [1.29, 1.82) is 0 Å². The van der Waals surface area contributed by atoms with Crippen molar-refractivity contribution in [3.05, 3.63) is 11.7 Å². The minimum atomic E-state index is -3.43. The minimum absolute atomic E-state index is 0.0210. The molecule has 0 bridgehead atoms. The first-order valence-corrected chi connectivity index (χ1v) is 8.37. The van der Waals surface area contributed by atoms with Gasteiger partial charge in [0.25, 0.3) is 0 Å². The highest BCUT2D eigenvalue weighted by atomic mass is 32.2. The van der Waals surface area contributed by atoms with Crippen LogP contribution in [0.15, 0.2) is 9.42 Å². The molecule has 0 radical (unpaired) electrons. The molecule has 0 aliphatic rings. The van der Waals surface area contributed by atoms with Crippen molar-refractivity contribution in [3.8, 4) is 0 Å². The van der Waals surface area contributed by atoms with Crippen LogP contribution in [0.2, 0.25) is 0 Å². The van der Waals surface area contributed by atoms with Gasteiger partial charge in [0.1, 0.15) is 9.90 Å². The van der Waals surface area contributed by atoms with Crippen LogP contribution < -0.4 is 11.1 Å². The maximum atomic E-state index is 12.1. The molecular formula is C10H15N5O3S2. The van der Waals surface area contributed by atoms with Gasteiger partial charge in [-0.3, -0.25) is 0 Å².